The maximum absolute atomic E-state index is 12.9. The molecule has 2 atom stereocenters. The number of piperidine rings is 1. The van der Waals surface area contributed by atoms with Crippen molar-refractivity contribution in [1.29, 1.82) is 0 Å². The third kappa shape index (κ3) is 8.32. The molecule has 0 unspecified atom stereocenters. The Kier molecular flexibility index (Phi) is 10.5. The fourth-order valence-corrected chi connectivity index (χ4v) is 7.32. The fourth-order valence-electron chi connectivity index (χ4n) is 6.46. The number of carbonyl (C=O) groups is 2. The highest BCUT2D eigenvalue weighted by atomic mass is 32.1. The molecule has 2 aromatic carbocycles. The van der Waals surface area contributed by atoms with Crippen LogP contribution in [0, 0.1) is 26.7 Å². The van der Waals surface area contributed by atoms with Gasteiger partial charge in [-0.15, -0.1) is 11.3 Å². The minimum Gasteiger partial charge on any atom is -0.488 e. The zero-order chi connectivity index (χ0) is 35.0. The standard InChI is InChI=1S/C38H51N3O6S/c1-23-11-12-32(45-21-26-18-24(2)30-19-41(16-13-27(30)25(26)3)36(43)47-38(7,8)9)29(17-23)31-22-48-35(39-31)40-15-14-28(33(20-40)44-10)34(42)46-37(4,5)6/h11-12,17-18,22,28,33H,13-16,19-21H2,1-10H3/t28-,33+/m1/s1. The molecular formula is C38H51N3O6S. The lowest BCUT2D eigenvalue weighted by molar-refractivity contribution is -0.165. The van der Waals surface area contributed by atoms with Gasteiger partial charge >= 0.3 is 12.1 Å². The van der Waals surface area contributed by atoms with Gasteiger partial charge in [0.05, 0.1) is 17.7 Å². The van der Waals surface area contributed by atoms with Crippen LogP contribution < -0.4 is 9.64 Å². The number of thiazole rings is 1. The summed E-state index contributed by atoms with van der Waals surface area (Å²) >= 11 is 1.59. The molecule has 3 aromatic rings. The van der Waals surface area contributed by atoms with E-state index in [1.54, 1.807) is 23.3 Å². The zero-order valence-electron chi connectivity index (χ0n) is 30.2. The van der Waals surface area contributed by atoms with Crippen molar-refractivity contribution < 1.29 is 28.5 Å². The number of rotatable bonds is 7. The molecule has 1 amide bonds. The molecule has 1 fully saturated rings. The lowest BCUT2D eigenvalue weighted by atomic mass is 9.88. The van der Waals surface area contributed by atoms with Crippen LogP contribution in [0.4, 0.5) is 9.93 Å². The second-order valence-electron chi connectivity index (χ2n) is 15.0. The molecule has 0 saturated carbocycles. The van der Waals surface area contributed by atoms with Crippen molar-refractivity contribution in [2.24, 2.45) is 5.92 Å². The van der Waals surface area contributed by atoms with Crippen molar-refractivity contribution in [3.8, 4) is 17.0 Å². The maximum Gasteiger partial charge on any atom is 0.410 e. The van der Waals surface area contributed by atoms with Crippen molar-refractivity contribution in [1.82, 2.24) is 9.88 Å². The average Bonchev–Trinajstić information content (AvgIpc) is 3.50. The molecule has 1 aromatic heterocycles. The van der Waals surface area contributed by atoms with E-state index < -0.39 is 11.2 Å². The molecule has 2 aliphatic heterocycles. The van der Waals surface area contributed by atoms with Crippen molar-refractivity contribution >= 4 is 28.5 Å². The number of aryl methyl sites for hydroxylation is 2. The molecule has 0 bridgehead atoms. The minimum absolute atomic E-state index is 0.206. The van der Waals surface area contributed by atoms with Gasteiger partial charge in [-0.3, -0.25) is 4.79 Å². The van der Waals surface area contributed by atoms with E-state index in [9.17, 15) is 9.59 Å². The molecule has 260 valence electrons. The quantitative estimate of drug-likeness (QED) is 0.234. The van der Waals surface area contributed by atoms with E-state index in [0.717, 1.165) is 45.2 Å². The highest BCUT2D eigenvalue weighted by Crippen LogP contribution is 2.37. The lowest BCUT2D eigenvalue weighted by Gasteiger charge is -2.37. The van der Waals surface area contributed by atoms with Crippen molar-refractivity contribution in [2.75, 3.05) is 31.6 Å². The van der Waals surface area contributed by atoms with Crippen LogP contribution in [0.15, 0.2) is 29.6 Å². The van der Waals surface area contributed by atoms with Crippen molar-refractivity contribution in [2.45, 2.75) is 106 Å². The number of ether oxygens (including phenoxy) is 4. The first-order valence-corrected chi connectivity index (χ1v) is 17.7. The number of nitrogens with zero attached hydrogens (tertiary/aromatic N) is 3. The summed E-state index contributed by atoms with van der Waals surface area (Å²) in [4.78, 5) is 34.7. The predicted octanol–water partition coefficient (Wildman–Crippen LogP) is 7.79. The van der Waals surface area contributed by atoms with Gasteiger partial charge in [0.1, 0.15) is 23.6 Å². The highest BCUT2D eigenvalue weighted by molar-refractivity contribution is 7.14. The van der Waals surface area contributed by atoms with Crippen LogP contribution in [0.1, 0.15) is 81.3 Å². The second-order valence-corrected chi connectivity index (χ2v) is 15.9. The number of aromatic nitrogens is 1. The normalized spacial score (nSPS) is 18.4. The molecule has 2 aliphatic rings. The summed E-state index contributed by atoms with van der Waals surface area (Å²) in [5.74, 6) is 0.269. The van der Waals surface area contributed by atoms with E-state index in [0.29, 0.717) is 39.2 Å². The zero-order valence-corrected chi connectivity index (χ0v) is 31.0. The first-order valence-electron chi connectivity index (χ1n) is 16.8. The van der Waals surface area contributed by atoms with Gasteiger partial charge in [-0.1, -0.05) is 17.7 Å². The summed E-state index contributed by atoms with van der Waals surface area (Å²) in [6.45, 7) is 20.6. The van der Waals surface area contributed by atoms with E-state index in [1.165, 1.54) is 16.7 Å². The number of methoxy groups -OCH3 is 1. The number of fused-ring (bicyclic) bond motifs is 1. The number of amides is 1. The molecule has 3 heterocycles. The SMILES string of the molecule is CO[C@H]1CN(c2nc(-c3cc(C)ccc3OCc3cc(C)c4c(c3C)CCN(C(=O)OC(C)(C)C)C4)cs2)CC[C@H]1C(=O)OC(C)(C)C. The number of hydrogen-bond donors (Lipinski definition) is 0. The van der Waals surface area contributed by atoms with Crippen LogP contribution in [-0.4, -0.2) is 66.0 Å². The minimum atomic E-state index is -0.535. The highest BCUT2D eigenvalue weighted by Gasteiger charge is 2.38. The van der Waals surface area contributed by atoms with Gasteiger partial charge < -0.3 is 28.7 Å². The summed E-state index contributed by atoms with van der Waals surface area (Å²) < 4.78 is 23.6. The fraction of sp³-hybridized carbons (Fsp3) is 0.553. The summed E-state index contributed by atoms with van der Waals surface area (Å²) in [7, 11) is 1.65. The van der Waals surface area contributed by atoms with Gasteiger partial charge in [0.15, 0.2) is 5.13 Å². The van der Waals surface area contributed by atoms with Crippen LogP contribution in [-0.2, 0) is 38.6 Å². The van der Waals surface area contributed by atoms with Gasteiger partial charge in [-0.25, -0.2) is 9.78 Å². The van der Waals surface area contributed by atoms with Gasteiger partial charge in [0, 0.05) is 44.2 Å². The van der Waals surface area contributed by atoms with E-state index >= 15 is 0 Å². The van der Waals surface area contributed by atoms with E-state index in [4.69, 9.17) is 23.9 Å². The van der Waals surface area contributed by atoms with E-state index in [-0.39, 0.29) is 24.1 Å². The van der Waals surface area contributed by atoms with E-state index in [1.807, 2.05) is 47.6 Å². The van der Waals surface area contributed by atoms with E-state index in [2.05, 4.69) is 49.3 Å². The summed E-state index contributed by atoms with van der Waals surface area (Å²) in [5, 5.41) is 2.97. The Morgan fingerprint density at radius 2 is 1.71 bits per heavy atom. The van der Waals surface area contributed by atoms with Crippen molar-refractivity contribution in [3.05, 3.63) is 63.0 Å². The first-order chi connectivity index (χ1) is 22.5. The molecular weight excluding hydrogens is 627 g/mol. The second kappa shape index (κ2) is 14.1. The van der Waals surface area contributed by atoms with Crippen LogP contribution in [0.2, 0.25) is 0 Å². The number of hydrogen-bond acceptors (Lipinski definition) is 9. The Bertz CT molecular complexity index is 1650. The van der Waals surface area contributed by atoms with Crippen molar-refractivity contribution in [3.63, 3.8) is 0 Å². The van der Waals surface area contributed by atoms with Crippen LogP contribution in [0.25, 0.3) is 11.3 Å². The topological polar surface area (TPSA) is 90.4 Å². The monoisotopic (exact) mass is 677 g/mol. The van der Waals surface area contributed by atoms with Gasteiger partial charge in [0.2, 0.25) is 0 Å². The average molecular weight is 678 g/mol. The lowest BCUT2D eigenvalue weighted by Crippen LogP contribution is -2.49. The molecule has 5 rings (SSSR count). The molecule has 0 aliphatic carbocycles. The molecule has 48 heavy (non-hydrogen) atoms. The van der Waals surface area contributed by atoms with Gasteiger partial charge in [-0.05, 0) is 115 Å². The third-order valence-electron chi connectivity index (χ3n) is 8.93. The number of esters is 1. The predicted molar refractivity (Wildman–Crippen MR) is 190 cm³/mol. The Balaban J connectivity index is 1.30. The summed E-state index contributed by atoms with van der Waals surface area (Å²) in [6.07, 6.45) is 0.881. The first kappa shape index (κ1) is 35.7. The molecule has 0 radical (unpaired) electrons. The molecule has 9 nitrogen and oxygen atoms in total. The number of benzene rings is 2. The molecule has 0 N–H and O–H groups in total. The Morgan fingerprint density at radius 3 is 2.40 bits per heavy atom. The van der Waals surface area contributed by atoms with Gasteiger partial charge in [0.25, 0.3) is 0 Å². The molecule has 10 heteroatoms. The Hall–Kier alpha value is -3.63. The summed E-state index contributed by atoms with van der Waals surface area (Å²) in [6, 6.07) is 8.40. The van der Waals surface area contributed by atoms with Crippen LogP contribution in [0.3, 0.4) is 0 Å². The van der Waals surface area contributed by atoms with Gasteiger partial charge in [-0.2, -0.15) is 0 Å². The summed E-state index contributed by atoms with van der Waals surface area (Å²) in [5.41, 5.74) is 7.88. The molecule has 1 saturated heterocycles. The van der Waals surface area contributed by atoms with Crippen LogP contribution >= 0.6 is 11.3 Å². The molecule has 0 spiro atoms. The number of anilines is 1. The largest absolute Gasteiger partial charge is 0.488 e. The smallest absolute Gasteiger partial charge is 0.410 e. The number of carbonyl (C=O) groups excluding carboxylic acids is 2. The Labute approximate surface area is 289 Å². The Morgan fingerprint density at radius 1 is 0.979 bits per heavy atom. The third-order valence-corrected chi connectivity index (χ3v) is 9.83. The van der Waals surface area contributed by atoms with Crippen LogP contribution in [0.5, 0.6) is 5.75 Å². The maximum atomic E-state index is 12.9.